The number of esters is 2. The number of carbonyl (C=O) groups excluding carboxylic acids is 2. The molecular formula is C16H18BrNO4. The van der Waals surface area contributed by atoms with E-state index < -0.39 is 11.5 Å². The summed E-state index contributed by atoms with van der Waals surface area (Å²) < 4.78 is 11.1. The predicted molar refractivity (Wildman–Crippen MR) is 83.2 cm³/mol. The average molecular weight is 368 g/mol. The van der Waals surface area contributed by atoms with Crippen LogP contribution in [0.5, 0.6) is 0 Å². The summed E-state index contributed by atoms with van der Waals surface area (Å²) in [5.74, 6) is -0.583. The Morgan fingerprint density at radius 3 is 2.91 bits per heavy atom. The van der Waals surface area contributed by atoms with Crippen LogP contribution in [0.4, 0.5) is 0 Å². The van der Waals surface area contributed by atoms with Gasteiger partial charge >= 0.3 is 11.9 Å². The molecule has 1 aliphatic carbocycles. The van der Waals surface area contributed by atoms with Crippen molar-refractivity contribution in [3.8, 4) is 0 Å². The standard InChI is InChI=1S/C16H18BrNO4/c1-3-22-14(19)12-8-16(15(20)21-2)7-9-4-5-10(17)6-11(9)13(16)18-12/h4-6,12-13,18H,3,7-8H2,1-2H3/t12-,13-,16-/m0/s1. The van der Waals surface area contributed by atoms with Crippen molar-refractivity contribution in [2.75, 3.05) is 13.7 Å². The maximum atomic E-state index is 12.5. The number of hydrogen-bond acceptors (Lipinski definition) is 5. The van der Waals surface area contributed by atoms with E-state index >= 15 is 0 Å². The van der Waals surface area contributed by atoms with Gasteiger partial charge in [-0.15, -0.1) is 0 Å². The van der Waals surface area contributed by atoms with E-state index in [2.05, 4.69) is 21.2 Å². The molecule has 0 bridgehead atoms. The first-order valence-electron chi connectivity index (χ1n) is 7.31. The first kappa shape index (κ1) is 15.5. The zero-order chi connectivity index (χ0) is 15.9. The van der Waals surface area contributed by atoms with E-state index in [0.29, 0.717) is 19.4 Å². The van der Waals surface area contributed by atoms with Crippen LogP contribution in [0.15, 0.2) is 22.7 Å². The minimum atomic E-state index is -0.727. The number of rotatable bonds is 3. The van der Waals surface area contributed by atoms with E-state index in [4.69, 9.17) is 9.47 Å². The number of fused-ring (bicyclic) bond motifs is 3. The van der Waals surface area contributed by atoms with Crippen molar-refractivity contribution in [3.63, 3.8) is 0 Å². The summed E-state index contributed by atoms with van der Waals surface area (Å²) in [6.07, 6.45) is 0.978. The number of benzene rings is 1. The number of hydrogen-bond donors (Lipinski definition) is 1. The molecule has 1 aromatic carbocycles. The lowest BCUT2D eigenvalue weighted by molar-refractivity contribution is -0.153. The van der Waals surface area contributed by atoms with Crippen molar-refractivity contribution in [1.29, 1.82) is 0 Å². The molecule has 1 saturated heterocycles. The smallest absolute Gasteiger partial charge is 0.323 e. The third-order valence-corrected chi connectivity index (χ3v) is 5.07. The molecule has 1 fully saturated rings. The lowest BCUT2D eigenvalue weighted by atomic mass is 9.80. The van der Waals surface area contributed by atoms with Gasteiger partial charge in [0, 0.05) is 10.5 Å². The highest BCUT2D eigenvalue weighted by Crippen LogP contribution is 2.54. The van der Waals surface area contributed by atoms with E-state index in [9.17, 15) is 9.59 Å². The molecular weight excluding hydrogens is 350 g/mol. The van der Waals surface area contributed by atoms with Crippen molar-refractivity contribution in [2.45, 2.75) is 31.8 Å². The molecule has 2 aliphatic rings. The van der Waals surface area contributed by atoms with Crippen LogP contribution in [0.1, 0.15) is 30.5 Å². The molecule has 0 saturated carbocycles. The third-order valence-electron chi connectivity index (χ3n) is 4.58. The van der Waals surface area contributed by atoms with E-state index in [1.54, 1.807) is 6.92 Å². The molecule has 0 aromatic heterocycles. The zero-order valence-electron chi connectivity index (χ0n) is 12.5. The first-order valence-corrected chi connectivity index (χ1v) is 8.10. The number of methoxy groups -OCH3 is 1. The largest absolute Gasteiger partial charge is 0.469 e. The number of nitrogens with one attached hydrogen (secondary N) is 1. The van der Waals surface area contributed by atoms with E-state index in [1.165, 1.54) is 7.11 Å². The lowest BCUT2D eigenvalue weighted by Gasteiger charge is -2.25. The number of halogens is 1. The Morgan fingerprint density at radius 1 is 1.45 bits per heavy atom. The zero-order valence-corrected chi connectivity index (χ0v) is 14.1. The molecule has 0 radical (unpaired) electrons. The molecule has 0 spiro atoms. The van der Waals surface area contributed by atoms with Gasteiger partial charge in [0.1, 0.15) is 6.04 Å². The van der Waals surface area contributed by atoms with E-state index in [0.717, 1.165) is 15.6 Å². The van der Waals surface area contributed by atoms with E-state index in [-0.39, 0.29) is 18.0 Å². The van der Waals surface area contributed by atoms with Gasteiger partial charge in [0.25, 0.3) is 0 Å². The molecule has 1 aliphatic heterocycles. The fourth-order valence-electron chi connectivity index (χ4n) is 3.67. The van der Waals surface area contributed by atoms with Crippen LogP contribution >= 0.6 is 15.9 Å². The lowest BCUT2D eigenvalue weighted by Crippen LogP contribution is -2.35. The highest BCUT2D eigenvalue weighted by Gasteiger charge is 2.59. The minimum Gasteiger partial charge on any atom is -0.469 e. The van der Waals surface area contributed by atoms with Crippen molar-refractivity contribution in [2.24, 2.45) is 5.41 Å². The van der Waals surface area contributed by atoms with Gasteiger partial charge in [-0.25, -0.2) is 0 Å². The van der Waals surface area contributed by atoms with Gasteiger partial charge in [-0.2, -0.15) is 0 Å². The van der Waals surface area contributed by atoms with Gasteiger partial charge < -0.3 is 9.47 Å². The molecule has 1 aromatic rings. The van der Waals surface area contributed by atoms with Crippen molar-refractivity contribution in [1.82, 2.24) is 5.32 Å². The molecule has 6 heteroatoms. The molecule has 5 nitrogen and oxygen atoms in total. The Bertz CT molecular complexity index is 633. The third kappa shape index (κ3) is 2.25. The van der Waals surface area contributed by atoms with Gasteiger partial charge in [0.2, 0.25) is 0 Å². The first-order chi connectivity index (χ1) is 10.5. The second kappa shape index (κ2) is 5.66. The summed E-state index contributed by atoms with van der Waals surface area (Å²) in [6, 6.07) is 5.29. The number of carbonyl (C=O) groups is 2. The fourth-order valence-corrected chi connectivity index (χ4v) is 4.05. The summed E-state index contributed by atoms with van der Waals surface area (Å²) in [7, 11) is 1.39. The highest BCUT2D eigenvalue weighted by molar-refractivity contribution is 9.10. The predicted octanol–water partition coefficient (Wildman–Crippen LogP) is 2.13. The van der Waals surface area contributed by atoms with Gasteiger partial charge in [-0.3, -0.25) is 14.9 Å². The normalized spacial score (nSPS) is 28.9. The Kier molecular flexibility index (Phi) is 3.99. The molecule has 3 atom stereocenters. The van der Waals surface area contributed by atoms with Crippen molar-refractivity contribution in [3.05, 3.63) is 33.8 Å². The van der Waals surface area contributed by atoms with Crippen LogP contribution in [0.25, 0.3) is 0 Å². The molecule has 1 heterocycles. The molecule has 1 N–H and O–H groups in total. The summed E-state index contributed by atoms with van der Waals surface area (Å²) in [5, 5.41) is 3.28. The van der Waals surface area contributed by atoms with Crippen LogP contribution < -0.4 is 5.32 Å². The maximum Gasteiger partial charge on any atom is 0.323 e. The molecule has 22 heavy (non-hydrogen) atoms. The topological polar surface area (TPSA) is 64.6 Å². The second-order valence-electron chi connectivity index (χ2n) is 5.78. The van der Waals surface area contributed by atoms with Crippen LogP contribution in [0, 0.1) is 5.41 Å². The fraction of sp³-hybridized carbons (Fsp3) is 0.500. The van der Waals surface area contributed by atoms with Gasteiger partial charge in [0.15, 0.2) is 0 Å². The summed E-state index contributed by atoms with van der Waals surface area (Å²) >= 11 is 3.47. The van der Waals surface area contributed by atoms with Crippen LogP contribution in [0.2, 0.25) is 0 Å². The summed E-state index contributed by atoms with van der Waals surface area (Å²) in [5.41, 5.74) is 1.44. The maximum absolute atomic E-state index is 12.5. The molecule has 0 unspecified atom stereocenters. The van der Waals surface area contributed by atoms with E-state index in [1.807, 2.05) is 18.2 Å². The Morgan fingerprint density at radius 2 is 2.23 bits per heavy atom. The van der Waals surface area contributed by atoms with Gasteiger partial charge in [0.05, 0.1) is 19.1 Å². The minimum absolute atomic E-state index is 0.221. The van der Waals surface area contributed by atoms with Crippen molar-refractivity contribution < 1.29 is 19.1 Å². The monoisotopic (exact) mass is 367 g/mol. The van der Waals surface area contributed by atoms with Crippen LogP contribution in [-0.4, -0.2) is 31.7 Å². The van der Waals surface area contributed by atoms with Gasteiger partial charge in [-0.05, 0) is 43.0 Å². The van der Waals surface area contributed by atoms with Crippen LogP contribution in [0.3, 0.4) is 0 Å². The molecule has 3 rings (SSSR count). The summed E-state index contributed by atoms with van der Waals surface area (Å²) in [6.45, 7) is 2.10. The molecule has 118 valence electrons. The van der Waals surface area contributed by atoms with Gasteiger partial charge in [-0.1, -0.05) is 22.0 Å². The Labute approximate surface area is 137 Å². The second-order valence-corrected chi connectivity index (χ2v) is 6.69. The summed E-state index contributed by atoms with van der Waals surface area (Å²) in [4.78, 5) is 24.5. The van der Waals surface area contributed by atoms with Crippen LogP contribution in [-0.2, 0) is 25.5 Å². The highest BCUT2D eigenvalue weighted by atomic mass is 79.9. The molecule has 0 amide bonds. The average Bonchev–Trinajstić information content (AvgIpc) is 3.01. The SMILES string of the molecule is CCOC(=O)[C@@H]1C[C@@]2(C(=O)OC)Cc3ccc(Br)cc3[C@@H]2N1. The Balaban J connectivity index is 1.98. The quantitative estimate of drug-likeness (QED) is 0.829. The Hall–Kier alpha value is -1.40. The number of ether oxygens (including phenoxy) is 2. The van der Waals surface area contributed by atoms with Crippen molar-refractivity contribution >= 4 is 27.9 Å².